The van der Waals surface area contributed by atoms with E-state index >= 15 is 0 Å². The van der Waals surface area contributed by atoms with Gasteiger partial charge in [-0.25, -0.2) is 13.8 Å². The number of hydrogen-bond donors (Lipinski definition) is 0. The van der Waals surface area contributed by atoms with Crippen LogP contribution >= 0.6 is 35.5 Å². The number of rotatable bonds is 7. The van der Waals surface area contributed by atoms with Crippen LogP contribution in [0.1, 0.15) is 16.8 Å². The van der Waals surface area contributed by atoms with E-state index in [2.05, 4.69) is 4.98 Å². The van der Waals surface area contributed by atoms with E-state index < -0.39 is 11.6 Å². The van der Waals surface area contributed by atoms with Crippen molar-refractivity contribution in [3.63, 3.8) is 0 Å². The Labute approximate surface area is 183 Å². The third-order valence-corrected chi connectivity index (χ3v) is 6.02. The maximum atomic E-state index is 14.1. The number of nitrogens with zero attached hydrogens (tertiary/aromatic N) is 3. The van der Waals surface area contributed by atoms with Crippen LogP contribution in [0.15, 0.2) is 41.3 Å². The first kappa shape index (κ1) is 23.5. The lowest BCUT2D eigenvalue weighted by atomic mass is 10.2. The number of amides is 1. The van der Waals surface area contributed by atoms with Crippen LogP contribution in [0, 0.1) is 11.6 Å². The number of thioether (sulfide) groups is 1. The second-order valence-corrected chi connectivity index (χ2v) is 8.40. The maximum Gasteiger partial charge on any atom is 0.261 e. The minimum Gasteiger partial charge on any atom is -0.309 e. The molecule has 1 amide bonds. The van der Waals surface area contributed by atoms with Crippen molar-refractivity contribution < 1.29 is 13.6 Å². The van der Waals surface area contributed by atoms with Crippen molar-refractivity contribution in [3.8, 4) is 0 Å². The minimum atomic E-state index is -0.720. The van der Waals surface area contributed by atoms with E-state index in [1.807, 2.05) is 43.5 Å². The first-order valence-corrected chi connectivity index (χ1v) is 10.8. The standard InChI is InChI=1S/C20H21F2N3OS2.ClH/c1-24(2)9-6-10-25(19(26)14-7-4-5-8-16(14)27-3)20-23-18-15(22)11-13(21)12-17(18)28-20;/h4-5,7-8,11-12H,6,9-10H2,1-3H3;1H. The van der Waals surface area contributed by atoms with Gasteiger partial charge in [0.15, 0.2) is 10.9 Å². The van der Waals surface area contributed by atoms with Gasteiger partial charge in [0.2, 0.25) is 0 Å². The van der Waals surface area contributed by atoms with Gasteiger partial charge in [0, 0.05) is 17.5 Å². The molecule has 29 heavy (non-hydrogen) atoms. The average molecular weight is 458 g/mol. The monoisotopic (exact) mass is 457 g/mol. The van der Waals surface area contributed by atoms with Crippen LogP contribution in [0.4, 0.5) is 13.9 Å². The molecule has 0 fully saturated rings. The summed E-state index contributed by atoms with van der Waals surface area (Å²) >= 11 is 2.61. The highest BCUT2D eigenvalue weighted by atomic mass is 35.5. The number of halogens is 3. The molecule has 4 nitrogen and oxygen atoms in total. The Bertz CT molecular complexity index is 997. The first-order valence-electron chi connectivity index (χ1n) is 8.76. The Morgan fingerprint density at radius 2 is 1.90 bits per heavy atom. The van der Waals surface area contributed by atoms with Gasteiger partial charge in [0.1, 0.15) is 11.3 Å². The summed E-state index contributed by atoms with van der Waals surface area (Å²) in [5.74, 6) is -1.57. The predicted molar refractivity (Wildman–Crippen MR) is 120 cm³/mol. The van der Waals surface area contributed by atoms with Gasteiger partial charge in [-0.2, -0.15) is 0 Å². The quantitative estimate of drug-likeness (QED) is 0.450. The van der Waals surface area contributed by atoms with Crippen molar-refractivity contribution in [2.45, 2.75) is 11.3 Å². The molecule has 0 aliphatic carbocycles. The van der Waals surface area contributed by atoms with Gasteiger partial charge < -0.3 is 4.90 Å². The van der Waals surface area contributed by atoms with E-state index in [9.17, 15) is 13.6 Å². The number of carbonyl (C=O) groups is 1. The first-order chi connectivity index (χ1) is 13.4. The van der Waals surface area contributed by atoms with Gasteiger partial charge in [-0.15, -0.1) is 24.2 Å². The van der Waals surface area contributed by atoms with Crippen molar-refractivity contribution in [2.75, 3.05) is 38.3 Å². The van der Waals surface area contributed by atoms with Crippen LogP contribution in [-0.2, 0) is 0 Å². The van der Waals surface area contributed by atoms with E-state index in [0.29, 0.717) is 21.9 Å². The molecule has 0 saturated carbocycles. The number of fused-ring (bicyclic) bond motifs is 1. The molecule has 0 unspecified atom stereocenters. The summed E-state index contributed by atoms with van der Waals surface area (Å²) < 4.78 is 28.1. The van der Waals surface area contributed by atoms with Crippen molar-refractivity contribution in [1.82, 2.24) is 9.88 Å². The Morgan fingerprint density at radius 1 is 1.17 bits per heavy atom. The second kappa shape index (κ2) is 10.3. The molecule has 0 aliphatic heterocycles. The van der Waals surface area contributed by atoms with Gasteiger partial charge in [0.25, 0.3) is 5.91 Å². The number of hydrogen-bond acceptors (Lipinski definition) is 5. The number of anilines is 1. The molecule has 156 valence electrons. The smallest absolute Gasteiger partial charge is 0.261 e. The van der Waals surface area contributed by atoms with Crippen molar-refractivity contribution in [3.05, 3.63) is 53.6 Å². The number of carbonyl (C=O) groups excluding carboxylic acids is 1. The molecule has 0 atom stereocenters. The highest BCUT2D eigenvalue weighted by molar-refractivity contribution is 7.98. The zero-order chi connectivity index (χ0) is 20.3. The summed E-state index contributed by atoms with van der Waals surface area (Å²) in [6.07, 6.45) is 2.64. The zero-order valence-electron chi connectivity index (χ0n) is 16.3. The van der Waals surface area contributed by atoms with Gasteiger partial charge in [-0.1, -0.05) is 23.5 Å². The fourth-order valence-corrected chi connectivity index (χ4v) is 4.48. The molecule has 9 heteroatoms. The number of benzene rings is 2. The fraction of sp³-hybridized carbons (Fsp3) is 0.300. The molecule has 0 radical (unpaired) electrons. The number of aromatic nitrogens is 1. The molecule has 0 N–H and O–H groups in total. The normalized spacial score (nSPS) is 11.0. The van der Waals surface area contributed by atoms with Crippen LogP contribution < -0.4 is 4.90 Å². The largest absolute Gasteiger partial charge is 0.309 e. The summed E-state index contributed by atoms with van der Waals surface area (Å²) in [5, 5.41) is 0.374. The summed E-state index contributed by atoms with van der Waals surface area (Å²) in [6, 6.07) is 9.43. The molecule has 0 aliphatic rings. The molecule has 2 aromatic carbocycles. The molecule has 0 spiro atoms. The van der Waals surface area contributed by atoms with Gasteiger partial charge >= 0.3 is 0 Å². The second-order valence-electron chi connectivity index (χ2n) is 6.54. The molecule has 3 rings (SSSR count). The van der Waals surface area contributed by atoms with Crippen LogP contribution in [-0.4, -0.2) is 49.2 Å². The summed E-state index contributed by atoms with van der Waals surface area (Å²) in [5.41, 5.74) is 0.663. The molecule has 0 saturated heterocycles. The average Bonchev–Trinajstić information content (AvgIpc) is 3.08. The molecule has 3 aromatic rings. The lowest BCUT2D eigenvalue weighted by Gasteiger charge is -2.22. The van der Waals surface area contributed by atoms with Crippen molar-refractivity contribution in [1.29, 1.82) is 0 Å². The maximum absolute atomic E-state index is 14.1. The van der Waals surface area contributed by atoms with Gasteiger partial charge in [-0.3, -0.25) is 9.69 Å². The Kier molecular flexibility index (Phi) is 8.39. The van der Waals surface area contributed by atoms with Crippen LogP contribution in [0.5, 0.6) is 0 Å². The molecule has 0 bridgehead atoms. The molecule has 1 heterocycles. The fourth-order valence-electron chi connectivity index (χ4n) is 2.86. The highest BCUT2D eigenvalue weighted by Crippen LogP contribution is 2.33. The SMILES string of the molecule is CSc1ccccc1C(=O)N(CCCN(C)C)c1nc2c(F)cc(F)cc2s1.Cl. The number of thiazole rings is 1. The zero-order valence-corrected chi connectivity index (χ0v) is 18.8. The summed E-state index contributed by atoms with van der Waals surface area (Å²) in [4.78, 5) is 22.1. The van der Waals surface area contributed by atoms with Crippen LogP contribution in [0.3, 0.4) is 0 Å². The van der Waals surface area contributed by atoms with Crippen molar-refractivity contribution >= 4 is 56.8 Å². The molecule has 1 aromatic heterocycles. The minimum absolute atomic E-state index is 0. The Hall–Kier alpha value is -1.74. The predicted octanol–water partition coefficient (Wildman–Crippen LogP) is 5.32. The van der Waals surface area contributed by atoms with Crippen LogP contribution in [0.2, 0.25) is 0 Å². The highest BCUT2D eigenvalue weighted by Gasteiger charge is 2.24. The van der Waals surface area contributed by atoms with Gasteiger partial charge in [-0.05, 0) is 51.5 Å². The van der Waals surface area contributed by atoms with Crippen LogP contribution in [0.25, 0.3) is 10.2 Å². The van der Waals surface area contributed by atoms with E-state index in [-0.39, 0.29) is 23.8 Å². The molecular formula is C20H22ClF2N3OS2. The van der Waals surface area contributed by atoms with E-state index in [4.69, 9.17) is 0 Å². The lowest BCUT2D eigenvalue weighted by molar-refractivity contribution is 0.0983. The third kappa shape index (κ3) is 5.45. The van der Waals surface area contributed by atoms with Crippen molar-refractivity contribution in [2.24, 2.45) is 0 Å². The topological polar surface area (TPSA) is 36.4 Å². The van der Waals surface area contributed by atoms with E-state index in [1.165, 1.54) is 17.8 Å². The molecular weight excluding hydrogens is 436 g/mol. The lowest BCUT2D eigenvalue weighted by Crippen LogP contribution is -2.33. The van der Waals surface area contributed by atoms with E-state index in [0.717, 1.165) is 35.3 Å². The summed E-state index contributed by atoms with van der Waals surface area (Å²) in [6.45, 7) is 1.23. The third-order valence-electron chi connectivity index (χ3n) is 4.20. The van der Waals surface area contributed by atoms with Gasteiger partial charge in [0.05, 0.1) is 10.3 Å². The Morgan fingerprint density at radius 3 is 2.59 bits per heavy atom. The summed E-state index contributed by atoms with van der Waals surface area (Å²) in [7, 11) is 3.93. The Balaban J connectivity index is 0.00000300. The van der Waals surface area contributed by atoms with E-state index in [1.54, 1.807) is 11.0 Å².